The molecule has 112 valence electrons. The number of carbonyl (C=O) groups excluding carboxylic acids is 1. The quantitative estimate of drug-likeness (QED) is 0.861. The lowest BCUT2D eigenvalue weighted by Crippen LogP contribution is -2.49. The molecule has 1 fully saturated rings. The van der Waals surface area contributed by atoms with Crippen molar-refractivity contribution in [2.75, 3.05) is 39.3 Å². The molecule has 0 bridgehead atoms. The molecule has 2 heterocycles. The number of carbonyl (C=O) groups is 1. The molecule has 2 aromatic rings. The summed E-state index contributed by atoms with van der Waals surface area (Å²) in [5.74, 6) is -0.649. The van der Waals surface area contributed by atoms with Crippen LogP contribution in [-0.2, 0) is 0 Å². The smallest absolute Gasteiger partial charge is 0.256 e. The first-order chi connectivity index (χ1) is 10.2. The lowest BCUT2D eigenvalue weighted by atomic mass is 10.1. The van der Waals surface area contributed by atoms with Crippen molar-refractivity contribution >= 4 is 16.9 Å². The Labute approximate surface area is 121 Å². The number of aliphatic hydroxyl groups excluding tert-OH is 1. The molecule has 0 aliphatic carbocycles. The number of hydrogen-bond donors (Lipinski definition) is 2. The van der Waals surface area contributed by atoms with E-state index >= 15 is 0 Å². The zero-order chi connectivity index (χ0) is 14.8. The van der Waals surface area contributed by atoms with Crippen molar-refractivity contribution in [2.45, 2.75) is 0 Å². The van der Waals surface area contributed by atoms with Gasteiger partial charge in [-0.2, -0.15) is 0 Å². The molecule has 1 saturated heterocycles. The zero-order valence-electron chi connectivity index (χ0n) is 11.5. The molecule has 1 aromatic heterocycles. The summed E-state index contributed by atoms with van der Waals surface area (Å²) in [5, 5.41) is 8.92. The molecule has 21 heavy (non-hydrogen) atoms. The summed E-state index contributed by atoms with van der Waals surface area (Å²) in [6.45, 7) is 3.30. The molecule has 6 nitrogen and oxygen atoms in total. The number of nitrogens with zero attached hydrogens (tertiary/aromatic N) is 3. The van der Waals surface area contributed by atoms with Crippen LogP contribution in [0.5, 0.6) is 0 Å². The van der Waals surface area contributed by atoms with Crippen LogP contribution in [0.15, 0.2) is 18.5 Å². The van der Waals surface area contributed by atoms with Crippen LogP contribution in [-0.4, -0.2) is 70.1 Å². The van der Waals surface area contributed by atoms with Gasteiger partial charge in [0.25, 0.3) is 5.91 Å². The number of amides is 1. The predicted molar refractivity (Wildman–Crippen MR) is 75.5 cm³/mol. The maximum absolute atomic E-state index is 13.6. The highest BCUT2D eigenvalue weighted by molar-refractivity contribution is 6.04. The van der Waals surface area contributed by atoms with Crippen LogP contribution in [0.3, 0.4) is 0 Å². The Morgan fingerprint density at radius 1 is 1.33 bits per heavy atom. The summed E-state index contributed by atoms with van der Waals surface area (Å²) in [7, 11) is 0. The van der Waals surface area contributed by atoms with Crippen molar-refractivity contribution in [2.24, 2.45) is 0 Å². The molecule has 0 spiro atoms. The second-order valence-corrected chi connectivity index (χ2v) is 5.11. The van der Waals surface area contributed by atoms with E-state index < -0.39 is 5.82 Å². The second kappa shape index (κ2) is 5.79. The minimum absolute atomic E-state index is 0.117. The van der Waals surface area contributed by atoms with Gasteiger partial charge in [0.05, 0.1) is 24.0 Å². The van der Waals surface area contributed by atoms with E-state index in [4.69, 9.17) is 5.11 Å². The number of imidazole rings is 1. The topological polar surface area (TPSA) is 72.5 Å². The van der Waals surface area contributed by atoms with E-state index in [9.17, 15) is 9.18 Å². The van der Waals surface area contributed by atoms with Gasteiger partial charge in [-0.25, -0.2) is 9.37 Å². The SMILES string of the molecule is O=C(c1cc(F)cc2[nH]cnc12)N1CCN(CCO)CC1. The number of aliphatic hydroxyl groups is 1. The van der Waals surface area contributed by atoms with Gasteiger partial charge in [0.1, 0.15) is 11.3 Å². The van der Waals surface area contributed by atoms with Crippen LogP contribution in [0.4, 0.5) is 4.39 Å². The van der Waals surface area contributed by atoms with Crippen LogP contribution in [0.2, 0.25) is 0 Å². The highest BCUT2D eigenvalue weighted by Gasteiger charge is 2.24. The molecule has 7 heteroatoms. The molecule has 0 radical (unpaired) electrons. The summed E-state index contributed by atoms with van der Waals surface area (Å²) in [4.78, 5) is 23.3. The third-order valence-electron chi connectivity index (χ3n) is 3.79. The van der Waals surface area contributed by atoms with Crippen molar-refractivity contribution in [1.82, 2.24) is 19.8 Å². The maximum Gasteiger partial charge on any atom is 0.256 e. The minimum atomic E-state index is -0.450. The van der Waals surface area contributed by atoms with Gasteiger partial charge < -0.3 is 15.0 Å². The molecule has 0 saturated carbocycles. The first kappa shape index (κ1) is 14.0. The predicted octanol–water partition coefficient (Wildman–Crippen LogP) is 0.452. The number of fused-ring (bicyclic) bond motifs is 1. The van der Waals surface area contributed by atoms with Crippen LogP contribution >= 0.6 is 0 Å². The van der Waals surface area contributed by atoms with Crippen molar-refractivity contribution in [3.05, 3.63) is 29.8 Å². The van der Waals surface area contributed by atoms with E-state index in [1.54, 1.807) is 4.90 Å². The minimum Gasteiger partial charge on any atom is -0.395 e. The van der Waals surface area contributed by atoms with Crippen LogP contribution in [0.1, 0.15) is 10.4 Å². The van der Waals surface area contributed by atoms with Gasteiger partial charge in [-0.3, -0.25) is 9.69 Å². The number of nitrogens with one attached hydrogen (secondary N) is 1. The molecule has 0 atom stereocenters. The molecule has 1 amide bonds. The first-order valence-electron chi connectivity index (χ1n) is 6.94. The Morgan fingerprint density at radius 3 is 2.81 bits per heavy atom. The second-order valence-electron chi connectivity index (χ2n) is 5.11. The normalized spacial score (nSPS) is 16.6. The number of aromatic amines is 1. The number of halogens is 1. The number of rotatable bonds is 3. The third kappa shape index (κ3) is 2.74. The van der Waals surface area contributed by atoms with E-state index in [0.717, 1.165) is 0 Å². The number of β-amino-alcohol motifs (C(OH)–C–C–N with tert-alkyl or cyclic N) is 1. The fourth-order valence-corrected chi connectivity index (χ4v) is 2.66. The Kier molecular flexibility index (Phi) is 3.85. The van der Waals surface area contributed by atoms with Gasteiger partial charge in [0, 0.05) is 32.7 Å². The lowest BCUT2D eigenvalue weighted by molar-refractivity contribution is 0.0616. The van der Waals surface area contributed by atoms with Crippen molar-refractivity contribution in [1.29, 1.82) is 0 Å². The number of benzene rings is 1. The fraction of sp³-hybridized carbons (Fsp3) is 0.429. The molecule has 1 aliphatic rings. The molecule has 1 aromatic carbocycles. The Hall–Kier alpha value is -1.99. The monoisotopic (exact) mass is 292 g/mol. The largest absolute Gasteiger partial charge is 0.395 e. The van der Waals surface area contributed by atoms with Crippen LogP contribution in [0.25, 0.3) is 11.0 Å². The number of aromatic nitrogens is 2. The summed E-state index contributed by atoms with van der Waals surface area (Å²) in [5.41, 5.74) is 1.32. The molecular formula is C14H17FN4O2. The van der Waals surface area contributed by atoms with Gasteiger partial charge in [-0.1, -0.05) is 0 Å². The summed E-state index contributed by atoms with van der Waals surface area (Å²) in [6.07, 6.45) is 1.46. The zero-order valence-corrected chi connectivity index (χ0v) is 11.5. The Bertz CT molecular complexity index is 649. The van der Waals surface area contributed by atoms with E-state index in [2.05, 4.69) is 14.9 Å². The third-order valence-corrected chi connectivity index (χ3v) is 3.79. The summed E-state index contributed by atoms with van der Waals surface area (Å²) < 4.78 is 13.6. The molecule has 2 N–H and O–H groups in total. The molecule has 1 aliphatic heterocycles. The fourth-order valence-electron chi connectivity index (χ4n) is 2.66. The molecule has 0 unspecified atom stereocenters. The van der Waals surface area contributed by atoms with Crippen molar-refractivity contribution in [3.63, 3.8) is 0 Å². The number of hydrogen-bond acceptors (Lipinski definition) is 4. The van der Waals surface area contributed by atoms with E-state index in [1.807, 2.05) is 0 Å². The van der Waals surface area contributed by atoms with E-state index in [1.165, 1.54) is 18.5 Å². The standard InChI is InChI=1S/C14H17FN4O2/c15-10-7-11(13-12(8-10)16-9-17-13)14(21)19-3-1-18(2-4-19)5-6-20/h7-9,20H,1-6H2,(H,16,17). The van der Waals surface area contributed by atoms with Crippen molar-refractivity contribution in [3.8, 4) is 0 Å². The highest BCUT2D eigenvalue weighted by atomic mass is 19.1. The van der Waals surface area contributed by atoms with Crippen LogP contribution < -0.4 is 0 Å². The highest BCUT2D eigenvalue weighted by Crippen LogP contribution is 2.19. The summed E-state index contributed by atoms with van der Waals surface area (Å²) in [6, 6.07) is 2.57. The van der Waals surface area contributed by atoms with Gasteiger partial charge >= 0.3 is 0 Å². The van der Waals surface area contributed by atoms with Crippen LogP contribution in [0, 0.1) is 5.82 Å². The van der Waals surface area contributed by atoms with Gasteiger partial charge in [0.2, 0.25) is 0 Å². The Morgan fingerprint density at radius 2 is 2.10 bits per heavy atom. The van der Waals surface area contributed by atoms with Gasteiger partial charge in [-0.05, 0) is 12.1 Å². The van der Waals surface area contributed by atoms with Crippen molar-refractivity contribution < 1.29 is 14.3 Å². The summed E-state index contributed by atoms with van der Waals surface area (Å²) >= 11 is 0. The van der Waals surface area contributed by atoms with E-state index in [0.29, 0.717) is 49.3 Å². The van der Waals surface area contributed by atoms with Gasteiger partial charge in [0.15, 0.2) is 0 Å². The molecular weight excluding hydrogens is 275 g/mol. The Balaban J connectivity index is 1.80. The average molecular weight is 292 g/mol. The first-order valence-corrected chi connectivity index (χ1v) is 6.94. The lowest BCUT2D eigenvalue weighted by Gasteiger charge is -2.34. The average Bonchev–Trinajstić information content (AvgIpc) is 2.95. The maximum atomic E-state index is 13.6. The number of H-pyrrole nitrogens is 1. The molecule has 3 rings (SSSR count). The van der Waals surface area contributed by atoms with Gasteiger partial charge in [-0.15, -0.1) is 0 Å². The number of piperazine rings is 1. The van der Waals surface area contributed by atoms with E-state index in [-0.39, 0.29) is 12.5 Å².